The maximum atomic E-state index is 12.2. The molecular weight excluding hydrogens is 343 g/mol. The van der Waals surface area contributed by atoms with Crippen molar-refractivity contribution >= 4 is 37.3 Å². The van der Waals surface area contributed by atoms with Crippen molar-refractivity contribution in [2.45, 2.75) is 17.3 Å². The molecule has 0 atom stereocenters. The van der Waals surface area contributed by atoms with Gasteiger partial charge in [-0.25, -0.2) is 8.42 Å². The van der Waals surface area contributed by atoms with Crippen LogP contribution in [0.2, 0.25) is 0 Å². The van der Waals surface area contributed by atoms with Crippen LogP contribution >= 0.6 is 27.3 Å². The van der Waals surface area contributed by atoms with Gasteiger partial charge < -0.3 is 0 Å². The number of halogens is 4. The molecule has 0 aliphatic heterocycles. The van der Waals surface area contributed by atoms with E-state index in [0.717, 1.165) is 11.3 Å². The monoisotopic (exact) mass is 351 g/mol. The predicted octanol–water partition coefficient (Wildman–Crippen LogP) is 3.08. The van der Waals surface area contributed by atoms with Gasteiger partial charge in [0.2, 0.25) is 0 Å². The SMILES string of the molecule is CCN(CC(F)(F)F)S(=O)(=O)c1ccc(Br)s1. The number of nitrogens with zero attached hydrogens (tertiary/aromatic N) is 1. The molecule has 0 aromatic carbocycles. The Bertz CT molecular complexity index is 483. The van der Waals surface area contributed by atoms with Crippen molar-refractivity contribution < 1.29 is 21.6 Å². The molecule has 0 amide bonds. The lowest BCUT2D eigenvalue weighted by atomic mass is 10.6. The van der Waals surface area contributed by atoms with E-state index in [4.69, 9.17) is 0 Å². The van der Waals surface area contributed by atoms with Crippen LogP contribution in [0.15, 0.2) is 20.1 Å². The Morgan fingerprint density at radius 2 is 2.00 bits per heavy atom. The maximum Gasteiger partial charge on any atom is 0.402 e. The van der Waals surface area contributed by atoms with Gasteiger partial charge in [-0.1, -0.05) is 6.92 Å². The van der Waals surface area contributed by atoms with Crippen LogP contribution < -0.4 is 0 Å². The third-order valence-electron chi connectivity index (χ3n) is 1.85. The topological polar surface area (TPSA) is 37.4 Å². The first-order chi connectivity index (χ1) is 7.66. The van der Waals surface area contributed by atoms with Crippen molar-refractivity contribution in [3.8, 4) is 0 Å². The van der Waals surface area contributed by atoms with Crippen molar-refractivity contribution in [2.24, 2.45) is 0 Å². The Hall–Kier alpha value is -0.120. The summed E-state index contributed by atoms with van der Waals surface area (Å²) < 4.78 is 61.3. The fourth-order valence-electron chi connectivity index (χ4n) is 1.13. The van der Waals surface area contributed by atoms with E-state index in [1.807, 2.05) is 0 Å². The minimum Gasteiger partial charge on any atom is -0.206 e. The molecule has 17 heavy (non-hydrogen) atoms. The van der Waals surface area contributed by atoms with E-state index in [2.05, 4.69) is 15.9 Å². The van der Waals surface area contributed by atoms with E-state index in [1.54, 1.807) is 0 Å². The molecule has 0 saturated heterocycles. The summed E-state index contributed by atoms with van der Waals surface area (Å²) in [5.41, 5.74) is 0. The standard InChI is InChI=1S/C8H9BrF3NO2S2/c1-2-13(5-8(10,11)12)17(14,15)7-4-3-6(9)16-7/h3-4H,2,5H2,1H3. The highest BCUT2D eigenvalue weighted by Gasteiger charge is 2.36. The predicted molar refractivity (Wildman–Crippen MR) is 62.5 cm³/mol. The second-order valence-corrected chi connectivity index (χ2v) is 7.73. The highest BCUT2D eigenvalue weighted by atomic mass is 79.9. The van der Waals surface area contributed by atoms with Gasteiger partial charge in [0.15, 0.2) is 0 Å². The Labute approximate surface area is 109 Å². The largest absolute Gasteiger partial charge is 0.402 e. The quantitative estimate of drug-likeness (QED) is 0.835. The van der Waals surface area contributed by atoms with E-state index in [1.165, 1.54) is 19.1 Å². The number of thiophene rings is 1. The van der Waals surface area contributed by atoms with Crippen LogP contribution in [0, 0.1) is 0 Å². The minimum absolute atomic E-state index is 0.101. The van der Waals surface area contributed by atoms with Crippen LogP contribution in [0.3, 0.4) is 0 Å². The van der Waals surface area contributed by atoms with Gasteiger partial charge in [-0.2, -0.15) is 17.5 Å². The average Bonchev–Trinajstić information content (AvgIpc) is 2.60. The first-order valence-electron chi connectivity index (χ1n) is 4.49. The van der Waals surface area contributed by atoms with Gasteiger partial charge in [0.25, 0.3) is 10.0 Å². The Kier molecular flexibility index (Phi) is 4.61. The van der Waals surface area contributed by atoms with Crippen LogP contribution in [0.1, 0.15) is 6.92 Å². The van der Waals surface area contributed by atoms with E-state index in [-0.39, 0.29) is 10.8 Å². The molecule has 1 rings (SSSR count). The zero-order chi connectivity index (χ0) is 13.3. The summed E-state index contributed by atoms with van der Waals surface area (Å²) in [7, 11) is -4.06. The van der Waals surface area contributed by atoms with Crippen molar-refractivity contribution in [3.05, 3.63) is 15.9 Å². The molecule has 3 nitrogen and oxygen atoms in total. The second-order valence-electron chi connectivity index (χ2n) is 3.10. The Balaban J connectivity index is 3.03. The molecule has 0 unspecified atom stereocenters. The normalized spacial score (nSPS) is 13.3. The zero-order valence-electron chi connectivity index (χ0n) is 8.66. The summed E-state index contributed by atoms with van der Waals surface area (Å²) in [6.07, 6.45) is -4.54. The van der Waals surface area contributed by atoms with Gasteiger partial charge in [0.05, 0.1) is 3.79 Å². The maximum absolute atomic E-state index is 12.2. The Morgan fingerprint density at radius 1 is 1.41 bits per heavy atom. The smallest absolute Gasteiger partial charge is 0.206 e. The molecule has 0 spiro atoms. The lowest BCUT2D eigenvalue weighted by molar-refractivity contribution is -0.135. The molecular formula is C8H9BrF3NO2S2. The second kappa shape index (κ2) is 5.25. The fraction of sp³-hybridized carbons (Fsp3) is 0.500. The van der Waals surface area contributed by atoms with E-state index in [9.17, 15) is 21.6 Å². The molecule has 1 aromatic heterocycles. The molecule has 1 aromatic rings. The molecule has 0 saturated carbocycles. The summed E-state index contributed by atoms with van der Waals surface area (Å²) in [6, 6.07) is 2.77. The summed E-state index contributed by atoms with van der Waals surface area (Å²) in [5.74, 6) is 0. The summed E-state index contributed by atoms with van der Waals surface area (Å²) in [4.78, 5) is 0. The molecule has 1 heterocycles. The molecule has 0 bridgehead atoms. The Morgan fingerprint density at radius 3 is 2.35 bits per heavy atom. The van der Waals surface area contributed by atoms with Gasteiger partial charge in [-0.05, 0) is 28.1 Å². The van der Waals surface area contributed by atoms with Crippen LogP contribution in [-0.2, 0) is 10.0 Å². The number of hydrogen-bond donors (Lipinski definition) is 0. The third kappa shape index (κ3) is 3.94. The highest BCUT2D eigenvalue weighted by molar-refractivity contribution is 9.11. The fourth-order valence-corrected chi connectivity index (χ4v) is 4.73. The first kappa shape index (κ1) is 14.9. The number of alkyl halides is 3. The minimum atomic E-state index is -4.54. The lowest BCUT2D eigenvalue weighted by Gasteiger charge is -2.20. The van der Waals surface area contributed by atoms with Crippen molar-refractivity contribution in [1.29, 1.82) is 0 Å². The van der Waals surface area contributed by atoms with Gasteiger partial charge in [-0.15, -0.1) is 11.3 Å². The van der Waals surface area contributed by atoms with Gasteiger partial charge in [-0.3, -0.25) is 0 Å². The number of sulfonamides is 1. The number of rotatable bonds is 4. The van der Waals surface area contributed by atoms with E-state index >= 15 is 0 Å². The van der Waals surface area contributed by atoms with Crippen LogP contribution in [0.4, 0.5) is 13.2 Å². The highest BCUT2D eigenvalue weighted by Crippen LogP contribution is 2.29. The van der Waals surface area contributed by atoms with Crippen LogP contribution in [-0.4, -0.2) is 32.0 Å². The lowest BCUT2D eigenvalue weighted by Crippen LogP contribution is -2.38. The molecule has 98 valence electrons. The number of hydrogen-bond acceptors (Lipinski definition) is 3. The summed E-state index contributed by atoms with van der Waals surface area (Å²) >= 11 is 3.95. The molecule has 0 aliphatic carbocycles. The summed E-state index contributed by atoms with van der Waals surface area (Å²) in [5, 5.41) is 0. The van der Waals surface area contributed by atoms with Crippen molar-refractivity contribution in [1.82, 2.24) is 4.31 Å². The first-order valence-corrected chi connectivity index (χ1v) is 7.54. The van der Waals surface area contributed by atoms with Crippen molar-refractivity contribution in [3.63, 3.8) is 0 Å². The van der Waals surface area contributed by atoms with Gasteiger partial charge >= 0.3 is 6.18 Å². The van der Waals surface area contributed by atoms with Crippen molar-refractivity contribution in [2.75, 3.05) is 13.1 Å². The average molecular weight is 352 g/mol. The van der Waals surface area contributed by atoms with E-state index < -0.39 is 22.7 Å². The summed E-state index contributed by atoms with van der Waals surface area (Å²) in [6.45, 7) is -0.329. The molecule has 0 aliphatic rings. The molecule has 9 heteroatoms. The molecule has 0 fully saturated rings. The molecule has 0 N–H and O–H groups in total. The van der Waals surface area contributed by atoms with E-state index in [0.29, 0.717) is 8.09 Å². The third-order valence-corrected chi connectivity index (χ3v) is 5.86. The zero-order valence-corrected chi connectivity index (χ0v) is 11.9. The van der Waals surface area contributed by atoms with Crippen LogP contribution in [0.5, 0.6) is 0 Å². The van der Waals surface area contributed by atoms with Gasteiger partial charge in [0.1, 0.15) is 10.8 Å². The molecule has 0 radical (unpaired) electrons. The van der Waals surface area contributed by atoms with Crippen LogP contribution in [0.25, 0.3) is 0 Å². The van der Waals surface area contributed by atoms with Gasteiger partial charge in [0, 0.05) is 6.54 Å².